The smallest absolute Gasteiger partial charge is 0.259 e. The standard InChI is InChI=1S/C28H28N2O3S/c1-19-9-5-7-13-23(19)29-27(31)21-15-16-26-24(17-21)30(18-20-10-3-2-4-11-20)28(32)22-12-6-8-14-25(22)34(26)33/h2-4,6,8,10-12,14-17,19,23H,5,7,9,13,18H2,1H3,(H,29,31). The van der Waals surface area contributed by atoms with Crippen LogP contribution in [-0.4, -0.2) is 22.1 Å². The van der Waals surface area contributed by atoms with Crippen LogP contribution in [0, 0.1) is 5.92 Å². The molecule has 0 aromatic heterocycles. The van der Waals surface area contributed by atoms with Crippen LogP contribution in [0.2, 0.25) is 0 Å². The van der Waals surface area contributed by atoms with Gasteiger partial charge in [-0.05, 0) is 54.7 Å². The fourth-order valence-corrected chi connectivity index (χ4v) is 6.25. The van der Waals surface area contributed by atoms with Gasteiger partial charge in [0.25, 0.3) is 11.8 Å². The maximum absolute atomic E-state index is 13.7. The van der Waals surface area contributed by atoms with Gasteiger partial charge < -0.3 is 10.2 Å². The van der Waals surface area contributed by atoms with Gasteiger partial charge >= 0.3 is 0 Å². The maximum atomic E-state index is 13.7. The minimum absolute atomic E-state index is 0.152. The summed E-state index contributed by atoms with van der Waals surface area (Å²) in [6, 6.07) is 22.1. The molecule has 0 bridgehead atoms. The minimum Gasteiger partial charge on any atom is -0.349 e. The summed E-state index contributed by atoms with van der Waals surface area (Å²) in [7, 11) is -1.53. The molecule has 6 heteroatoms. The molecule has 3 unspecified atom stereocenters. The molecule has 1 fully saturated rings. The highest BCUT2D eigenvalue weighted by Gasteiger charge is 2.32. The number of carbonyl (C=O) groups is 2. The van der Waals surface area contributed by atoms with Gasteiger partial charge in [-0.2, -0.15) is 0 Å². The first-order valence-corrected chi connectivity index (χ1v) is 13.0. The molecule has 1 saturated carbocycles. The highest BCUT2D eigenvalue weighted by atomic mass is 32.2. The molecule has 1 aliphatic carbocycles. The maximum Gasteiger partial charge on any atom is 0.259 e. The molecule has 174 valence electrons. The molecule has 1 heterocycles. The first-order chi connectivity index (χ1) is 16.5. The number of amides is 2. The molecule has 3 atom stereocenters. The van der Waals surface area contributed by atoms with E-state index in [4.69, 9.17) is 0 Å². The summed E-state index contributed by atoms with van der Waals surface area (Å²) in [4.78, 5) is 29.6. The van der Waals surface area contributed by atoms with E-state index in [1.165, 1.54) is 6.42 Å². The van der Waals surface area contributed by atoms with Crippen molar-refractivity contribution in [3.63, 3.8) is 0 Å². The molecule has 1 N–H and O–H groups in total. The Bertz CT molecular complexity index is 1260. The molecule has 1 aliphatic heterocycles. The number of carbonyl (C=O) groups excluding carboxylic acids is 2. The normalized spacial score (nSPS) is 21.9. The molecule has 2 aliphatic rings. The van der Waals surface area contributed by atoms with Crippen LogP contribution in [0.3, 0.4) is 0 Å². The first-order valence-electron chi connectivity index (χ1n) is 11.8. The summed E-state index contributed by atoms with van der Waals surface area (Å²) in [5.74, 6) is 0.0721. The largest absolute Gasteiger partial charge is 0.349 e. The predicted molar refractivity (Wildman–Crippen MR) is 133 cm³/mol. The summed E-state index contributed by atoms with van der Waals surface area (Å²) in [6.45, 7) is 2.50. The fourth-order valence-electron chi connectivity index (χ4n) is 4.91. The van der Waals surface area contributed by atoms with Crippen molar-refractivity contribution in [1.29, 1.82) is 0 Å². The number of anilines is 1. The number of rotatable bonds is 4. The minimum atomic E-state index is -1.53. The van der Waals surface area contributed by atoms with Crippen LogP contribution < -0.4 is 10.2 Å². The lowest BCUT2D eigenvalue weighted by atomic mass is 9.86. The van der Waals surface area contributed by atoms with Gasteiger partial charge in [-0.25, -0.2) is 4.21 Å². The Labute approximate surface area is 202 Å². The lowest BCUT2D eigenvalue weighted by Gasteiger charge is -2.29. The van der Waals surface area contributed by atoms with Crippen molar-refractivity contribution >= 4 is 28.3 Å². The number of benzene rings is 3. The van der Waals surface area contributed by atoms with Gasteiger partial charge in [-0.15, -0.1) is 0 Å². The van der Waals surface area contributed by atoms with E-state index < -0.39 is 10.8 Å². The molecule has 5 rings (SSSR count). The summed E-state index contributed by atoms with van der Waals surface area (Å²) in [5.41, 5.74) is 2.38. The third-order valence-corrected chi connectivity index (χ3v) is 8.39. The van der Waals surface area contributed by atoms with Crippen LogP contribution in [0.15, 0.2) is 82.6 Å². The van der Waals surface area contributed by atoms with Crippen molar-refractivity contribution in [2.45, 2.75) is 55.0 Å². The Morgan fingerprint density at radius 1 is 0.971 bits per heavy atom. The monoisotopic (exact) mass is 472 g/mol. The zero-order valence-corrected chi connectivity index (χ0v) is 20.0. The highest BCUT2D eigenvalue weighted by molar-refractivity contribution is 7.85. The van der Waals surface area contributed by atoms with Gasteiger partial charge in [-0.3, -0.25) is 9.59 Å². The Kier molecular flexibility index (Phi) is 6.33. The number of hydrogen-bond acceptors (Lipinski definition) is 3. The van der Waals surface area contributed by atoms with Gasteiger partial charge in [0.15, 0.2) is 0 Å². The Hall–Kier alpha value is -3.25. The second-order valence-corrected chi connectivity index (χ2v) is 10.6. The van der Waals surface area contributed by atoms with Crippen molar-refractivity contribution in [1.82, 2.24) is 5.32 Å². The van der Waals surface area contributed by atoms with Gasteiger partial charge in [0, 0.05) is 11.6 Å². The van der Waals surface area contributed by atoms with Gasteiger partial charge in [0.05, 0.1) is 38.4 Å². The lowest BCUT2D eigenvalue weighted by Crippen LogP contribution is -2.41. The number of hydrogen-bond donors (Lipinski definition) is 1. The molecule has 34 heavy (non-hydrogen) atoms. The van der Waals surface area contributed by atoms with Crippen molar-refractivity contribution in [2.75, 3.05) is 4.90 Å². The van der Waals surface area contributed by atoms with Gasteiger partial charge in [0.1, 0.15) is 0 Å². The molecule has 0 saturated heterocycles. The third kappa shape index (κ3) is 4.30. The predicted octanol–water partition coefficient (Wildman–Crippen LogP) is 5.32. The number of nitrogens with zero attached hydrogens (tertiary/aromatic N) is 1. The van der Waals surface area contributed by atoms with Crippen LogP contribution in [0.1, 0.15) is 58.9 Å². The summed E-state index contributed by atoms with van der Waals surface area (Å²) >= 11 is 0. The Morgan fingerprint density at radius 3 is 2.50 bits per heavy atom. The van der Waals surface area contributed by atoms with Crippen LogP contribution in [0.4, 0.5) is 5.69 Å². The van der Waals surface area contributed by atoms with E-state index in [1.807, 2.05) is 30.3 Å². The Morgan fingerprint density at radius 2 is 1.71 bits per heavy atom. The molecular weight excluding hydrogens is 444 g/mol. The topological polar surface area (TPSA) is 66.5 Å². The molecule has 5 nitrogen and oxygen atoms in total. The molecule has 3 aromatic carbocycles. The van der Waals surface area contributed by atoms with E-state index in [0.717, 1.165) is 24.8 Å². The van der Waals surface area contributed by atoms with E-state index in [9.17, 15) is 13.8 Å². The van der Waals surface area contributed by atoms with Crippen LogP contribution >= 0.6 is 0 Å². The third-order valence-electron chi connectivity index (χ3n) is 6.89. The van der Waals surface area contributed by atoms with E-state index in [1.54, 1.807) is 47.4 Å². The van der Waals surface area contributed by atoms with E-state index in [0.29, 0.717) is 39.1 Å². The lowest BCUT2D eigenvalue weighted by molar-refractivity contribution is 0.0908. The van der Waals surface area contributed by atoms with Crippen molar-refractivity contribution < 1.29 is 13.8 Å². The summed E-state index contributed by atoms with van der Waals surface area (Å²) < 4.78 is 13.5. The van der Waals surface area contributed by atoms with E-state index in [2.05, 4.69) is 12.2 Å². The second-order valence-electron chi connectivity index (χ2n) is 9.17. The summed E-state index contributed by atoms with van der Waals surface area (Å²) in [5, 5.41) is 3.19. The summed E-state index contributed by atoms with van der Waals surface area (Å²) in [6.07, 6.45) is 4.42. The van der Waals surface area contributed by atoms with E-state index in [-0.39, 0.29) is 17.9 Å². The highest BCUT2D eigenvalue weighted by Crippen LogP contribution is 2.36. The zero-order valence-electron chi connectivity index (χ0n) is 19.2. The van der Waals surface area contributed by atoms with E-state index >= 15 is 0 Å². The van der Waals surface area contributed by atoms with Crippen molar-refractivity contribution in [3.8, 4) is 0 Å². The molecular formula is C28H28N2O3S. The first kappa shape index (κ1) is 22.5. The second kappa shape index (κ2) is 9.55. The van der Waals surface area contributed by atoms with Crippen LogP contribution in [-0.2, 0) is 17.3 Å². The zero-order chi connectivity index (χ0) is 23.7. The van der Waals surface area contributed by atoms with Crippen molar-refractivity contribution in [3.05, 3.63) is 89.5 Å². The Balaban J connectivity index is 1.56. The quantitative estimate of drug-likeness (QED) is 0.559. The van der Waals surface area contributed by atoms with Crippen LogP contribution in [0.25, 0.3) is 0 Å². The van der Waals surface area contributed by atoms with Gasteiger partial charge in [-0.1, -0.05) is 62.2 Å². The molecule has 0 spiro atoms. The van der Waals surface area contributed by atoms with Gasteiger partial charge in [0.2, 0.25) is 0 Å². The SMILES string of the molecule is CC1CCCCC1NC(=O)c1ccc2c(c1)N(Cc1ccccc1)C(=O)c1ccccc1S2=O. The molecule has 3 aromatic rings. The van der Waals surface area contributed by atoms with Crippen LogP contribution in [0.5, 0.6) is 0 Å². The molecule has 0 radical (unpaired) electrons. The molecule has 2 amide bonds. The number of fused-ring (bicyclic) bond motifs is 2. The average Bonchev–Trinajstić information content (AvgIpc) is 2.95. The van der Waals surface area contributed by atoms with Crippen molar-refractivity contribution in [2.24, 2.45) is 5.92 Å². The number of nitrogens with one attached hydrogen (secondary N) is 1. The average molecular weight is 473 g/mol. The fraction of sp³-hybridized carbons (Fsp3) is 0.286.